The highest BCUT2D eigenvalue weighted by atomic mass is 79.9. The lowest BCUT2D eigenvalue weighted by molar-refractivity contribution is 0.576. The third-order valence-electron chi connectivity index (χ3n) is 2.92. The van der Waals surface area contributed by atoms with Crippen LogP contribution in [-0.2, 0) is 6.42 Å². The number of aryl methyl sites for hydroxylation is 1. The van der Waals surface area contributed by atoms with Crippen molar-refractivity contribution in [3.05, 3.63) is 34.3 Å². The Hall–Kier alpha value is -0.340. The van der Waals surface area contributed by atoms with E-state index < -0.39 is 0 Å². The van der Waals surface area contributed by atoms with Crippen molar-refractivity contribution in [3.8, 4) is 0 Å². The van der Waals surface area contributed by atoms with Crippen LogP contribution < -0.4 is 5.73 Å². The van der Waals surface area contributed by atoms with Gasteiger partial charge in [0.15, 0.2) is 0 Å². The summed E-state index contributed by atoms with van der Waals surface area (Å²) in [7, 11) is 0. The first kappa shape index (κ1) is 10.2. The zero-order chi connectivity index (χ0) is 10.0. The second-order valence-electron chi connectivity index (χ2n) is 4.35. The van der Waals surface area contributed by atoms with E-state index in [1.165, 1.54) is 35.7 Å². The van der Waals surface area contributed by atoms with E-state index in [9.17, 15) is 0 Å². The molecule has 2 N–H and O–H groups in total. The molecule has 14 heavy (non-hydrogen) atoms. The molecule has 0 atom stereocenters. The monoisotopic (exact) mass is 253 g/mol. The predicted octanol–water partition coefficient (Wildman–Crippen LogP) is 3.26. The number of nitrogens with two attached hydrogens (primary N) is 1. The molecule has 0 spiro atoms. The quantitative estimate of drug-likeness (QED) is 0.876. The maximum absolute atomic E-state index is 6.03. The zero-order valence-corrected chi connectivity index (χ0v) is 9.89. The van der Waals surface area contributed by atoms with Crippen molar-refractivity contribution < 1.29 is 0 Å². The minimum absolute atomic E-state index is 0.214. The van der Waals surface area contributed by atoms with Crippen molar-refractivity contribution in [2.45, 2.75) is 37.6 Å². The lowest BCUT2D eigenvalue weighted by atomic mass is 10.0. The van der Waals surface area contributed by atoms with Crippen molar-refractivity contribution in [2.75, 3.05) is 0 Å². The topological polar surface area (TPSA) is 26.0 Å². The molecule has 0 unspecified atom stereocenters. The Labute approximate surface area is 93.8 Å². The average molecular weight is 254 g/mol. The van der Waals surface area contributed by atoms with Crippen LogP contribution in [0.15, 0.2) is 28.7 Å². The highest BCUT2D eigenvalue weighted by molar-refractivity contribution is 9.10. The first-order chi connectivity index (χ1) is 6.68. The van der Waals surface area contributed by atoms with Gasteiger partial charge in [0.25, 0.3) is 0 Å². The van der Waals surface area contributed by atoms with Gasteiger partial charge in [0.2, 0.25) is 0 Å². The van der Waals surface area contributed by atoms with E-state index in [4.69, 9.17) is 5.73 Å². The second-order valence-corrected chi connectivity index (χ2v) is 5.26. The summed E-state index contributed by atoms with van der Waals surface area (Å²) in [4.78, 5) is 0. The van der Waals surface area contributed by atoms with Crippen LogP contribution in [0, 0.1) is 0 Å². The molecule has 0 amide bonds. The number of hydrogen-bond donors (Lipinski definition) is 1. The molecule has 0 aliphatic heterocycles. The first-order valence-corrected chi connectivity index (χ1v) is 6.01. The summed E-state index contributed by atoms with van der Waals surface area (Å²) in [6, 6.07) is 8.53. The van der Waals surface area contributed by atoms with Crippen molar-refractivity contribution in [1.82, 2.24) is 0 Å². The van der Waals surface area contributed by atoms with Gasteiger partial charge >= 0.3 is 0 Å². The van der Waals surface area contributed by atoms with Crippen LogP contribution in [0.3, 0.4) is 0 Å². The highest BCUT2D eigenvalue weighted by Gasteiger charge is 2.36. The molecule has 0 radical (unpaired) electrons. The van der Waals surface area contributed by atoms with Crippen molar-refractivity contribution in [3.63, 3.8) is 0 Å². The first-order valence-electron chi connectivity index (χ1n) is 5.21. The van der Waals surface area contributed by atoms with E-state index >= 15 is 0 Å². The number of rotatable bonds is 4. The van der Waals surface area contributed by atoms with Gasteiger partial charge in [0.05, 0.1) is 0 Å². The second kappa shape index (κ2) is 4.03. The Morgan fingerprint density at radius 1 is 1.36 bits per heavy atom. The predicted molar refractivity (Wildman–Crippen MR) is 63.2 cm³/mol. The number of hydrogen-bond acceptors (Lipinski definition) is 1. The Kier molecular flexibility index (Phi) is 2.93. The Bertz CT molecular complexity index is 318. The number of benzene rings is 1. The summed E-state index contributed by atoms with van der Waals surface area (Å²) in [6.07, 6.45) is 6.00. The molecule has 0 saturated heterocycles. The van der Waals surface area contributed by atoms with E-state index in [2.05, 4.69) is 40.2 Å². The number of halogens is 1. The largest absolute Gasteiger partial charge is 0.325 e. The summed E-state index contributed by atoms with van der Waals surface area (Å²) in [5, 5.41) is 0. The van der Waals surface area contributed by atoms with Gasteiger partial charge in [-0.2, -0.15) is 0 Å². The van der Waals surface area contributed by atoms with Crippen LogP contribution >= 0.6 is 15.9 Å². The van der Waals surface area contributed by atoms with E-state index in [1.807, 2.05) is 0 Å². The van der Waals surface area contributed by atoms with Crippen LogP contribution in [0.4, 0.5) is 0 Å². The van der Waals surface area contributed by atoms with E-state index in [-0.39, 0.29) is 5.54 Å². The lowest BCUT2D eigenvalue weighted by Crippen LogP contribution is -2.21. The van der Waals surface area contributed by atoms with Crippen LogP contribution in [0.1, 0.15) is 31.2 Å². The van der Waals surface area contributed by atoms with Crippen LogP contribution in [0.5, 0.6) is 0 Å². The Balaban J connectivity index is 1.80. The summed E-state index contributed by atoms with van der Waals surface area (Å²) in [5.41, 5.74) is 7.65. The molecule has 1 aromatic rings. The van der Waals surface area contributed by atoms with E-state index in [0.29, 0.717) is 0 Å². The van der Waals surface area contributed by atoms with Gasteiger partial charge in [-0.25, -0.2) is 0 Å². The van der Waals surface area contributed by atoms with Gasteiger partial charge in [-0.3, -0.25) is 0 Å². The third kappa shape index (κ3) is 2.82. The fourth-order valence-electron chi connectivity index (χ4n) is 1.75. The van der Waals surface area contributed by atoms with Gasteiger partial charge < -0.3 is 5.73 Å². The fraction of sp³-hybridized carbons (Fsp3) is 0.500. The maximum Gasteiger partial charge on any atom is 0.0177 e. The highest BCUT2D eigenvalue weighted by Crippen LogP contribution is 2.36. The molecule has 0 aromatic heterocycles. The summed E-state index contributed by atoms with van der Waals surface area (Å²) in [5.74, 6) is 0. The molecule has 0 heterocycles. The summed E-state index contributed by atoms with van der Waals surface area (Å²) < 4.78 is 1.17. The maximum atomic E-state index is 6.03. The van der Waals surface area contributed by atoms with Crippen LogP contribution in [-0.4, -0.2) is 5.54 Å². The van der Waals surface area contributed by atoms with Crippen molar-refractivity contribution in [2.24, 2.45) is 5.73 Å². The minimum Gasteiger partial charge on any atom is -0.325 e. The molecule has 1 aliphatic carbocycles. The molecule has 1 nitrogen and oxygen atoms in total. The standard InChI is InChI=1S/C12H16BrN/c13-11-5-1-3-10(9-11)4-2-6-12(14)7-8-12/h1,3,5,9H,2,4,6-8,14H2. The smallest absolute Gasteiger partial charge is 0.0177 e. The van der Waals surface area contributed by atoms with Gasteiger partial charge in [0, 0.05) is 10.0 Å². The molecule has 2 heteroatoms. The molecule has 1 fully saturated rings. The van der Waals surface area contributed by atoms with Gasteiger partial charge in [-0.15, -0.1) is 0 Å². The fourth-order valence-corrected chi connectivity index (χ4v) is 2.19. The van der Waals surface area contributed by atoms with E-state index in [0.717, 1.165) is 6.42 Å². The van der Waals surface area contributed by atoms with Gasteiger partial charge in [-0.05, 0) is 49.8 Å². The normalized spacial score (nSPS) is 18.1. The Morgan fingerprint density at radius 2 is 2.14 bits per heavy atom. The third-order valence-corrected chi connectivity index (χ3v) is 3.41. The molecular weight excluding hydrogens is 238 g/mol. The van der Waals surface area contributed by atoms with Gasteiger partial charge in [-0.1, -0.05) is 28.1 Å². The van der Waals surface area contributed by atoms with Crippen molar-refractivity contribution in [1.29, 1.82) is 0 Å². The zero-order valence-electron chi connectivity index (χ0n) is 8.30. The van der Waals surface area contributed by atoms with Crippen LogP contribution in [0.2, 0.25) is 0 Å². The van der Waals surface area contributed by atoms with E-state index in [1.54, 1.807) is 0 Å². The lowest BCUT2D eigenvalue weighted by Gasteiger charge is -2.07. The van der Waals surface area contributed by atoms with Crippen LogP contribution in [0.25, 0.3) is 0 Å². The SMILES string of the molecule is NC1(CCCc2cccc(Br)c2)CC1. The average Bonchev–Trinajstić information content (AvgIpc) is 2.84. The molecule has 1 aliphatic rings. The molecule has 1 aromatic carbocycles. The molecule has 0 bridgehead atoms. The summed E-state index contributed by atoms with van der Waals surface area (Å²) >= 11 is 3.48. The minimum atomic E-state index is 0.214. The Morgan fingerprint density at radius 3 is 2.79 bits per heavy atom. The van der Waals surface area contributed by atoms with Crippen molar-refractivity contribution >= 4 is 15.9 Å². The van der Waals surface area contributed by atoms with Gasteiger partial charge in [0.1, 0.15) is 0 Å². The summed E-state index contributed by atoms with van der Waals surface area (Å²) in [6.45, 7) is 0. The molecular formula is C12H16BrN. The molecule has 2 rings (SSSR count). The molecule has 1 saturated carbocycles. The molecule has 76 valence electrons.